The summed E-state index contributed by atoms with van der Waals surface area (Å²) in [6, 6.07) is 6.01. The zero-order chi connectivity index (χ0) is 14.8. The molecular formula is C12H17N3O4S. The molecule has 0 spiro atoms. The molecule has 2 atom stereocenters. The first kappa shape index (κ1) is 14.9. The van der Waals surface area contributed by atoms with Crippen molar-refractivity contribution < 1.29 is 18.3 Å². The normalized spacial score (nSPS) is 22.7. The molecule has 7 nitrogen and oxygen atoms in total. The van der Waals surface area contributed by atoms with E-state index in [1.165, 1.54) is 0 Å². The van der Waals surface area contributed by atoms with Gasteiger partial charge in [-0.05, 0) is 24.1 Å². The van der Waals surface area contributed by atoms with Crippen molar-refractivity contribution in [2.45, 2.75) is 24.3 Å². The van der Waals surface area contributed by atoms with Gasteiger partial charge >= 0.3 is 0 Å². The van der Waals surface area contributed by atoms with E-state index < -0.39 is 22.2 Å². The molecule has 20 heavy (non-hydrogen) atoms. The van der Waals surface area contributed by atoms with Crippen LogP contribution in [0.25, 0.3) is 0 Å². The average Bonchev–Trinajstić information content (AvgIpc) is 2.77. The Balaban J connectivity index is 1.95. The highest BCUT2D eigenvalue weighted by atomic mass is 32.2. The zero-order valence-electron chi connectivity index (χ0n) is 10.7. The third-order valence-electron chi connectivity index (χ3n) is 3.01. The van der Waals surface area contributed by atoms with Crippen molar-refractivity contribution in [1.82, 2.24) is 5.32 Å². The van der Waals surface area contributed by atoms with E-state index in [-0.39, 0.29) is 11.7 Å². The molecule has 110 valence electrons. The number of benzene rings is 1. The van der Waals surface area contributed by atoms with Gasteiger partial charge in [-0.3, -0.25) is 4.79 Å². The molecule has 1 aromatic carbocycles. The lowest BCUT2D eigenvalue weighted by Crippen LogP contribution is -2.35. The maximum absolute atomic E-state index is 11.9. The second-order valence-electron chi connectivity index (χ2n) is 4.84. The van der Waals surface area contributed by atoms with Gasteiger partial charge in [0.05, 0.1) is 17.9 Å². The molecular weight excluding hydrogens is 282 g/mol. The van der Waals surface area contributed by atoms with Crippen LogP contribution in [0.2, 0.25) is 0 Å². The molecule has 1 aromatic rings. The number of β-amino-alcohol motifs (C(OH)–C–C–N with tert-alkyl or cyclic N) is 1. The molecule has 8 heteroatoms. The van der Waals surface area contributed by atoms with E-state index in [4.69, 9.17) is 5.14 Å². The number of aliphatic hydroxyl groups is 1. The molecule has 5 N–H and O–H groups in total. The number of rotatable bonds is 4. The lowest BCUT2D eigenvalue weighted by Gasteiger charge is -2.11. The van der Waals surface area contributed by atoms with Gasteiger partial charge in [0.1, 0.15) is 0 Å². The number of hydrogen-bond acceptors (Lipinski definition) is 5. The number of hydrogen-bond donors (Lipinski definition) is 4. The van der Waals surface area contributed by atoms with E-state index in [1.54, 1.807) is 24.3 Å². The fourth-order valence-corrected chi connectivity index (χ4v) is 2.72. The molecule has 1 aliphatic heterocycles. The van der Waals surface area contributed by atoms with Crippen LogP contribution in [0.5, 0.6) is 0 Å². The second-order valence-corrected chi connectivity index (χ2v) is 6.46. The molecule has 0 saturated carbocycles. The van der Waals surface area contributed by atoms with E-state index in [9.17, 15) is 18.3 Å². The smallest absolute Gasteiger partial charge is 0.241 e. The van der Waals surface area contributed by atoms with Gasteiger partial charge in [-0.1, -0.05) is 12.1 Å². The highest BCUT2D eigenvalue weighted by Gasteiger charge is 2.27. The fourth-order valence-electron chi connectivity index (χ4n) is 2.06. The zero-order valence-corrected chi connectivity index (χ0v) is 11.6. The minimum atomic E-state index is -3.56. The van der Waals surface area contributed by atoms with Crippen LogP contribution < -0.4 is 15.8 Å². The molecule has 0 radical (unpaired) electrons. The number of anilines is 1. The summed E-state index contributed by atoms with van der Waals surface area (Å²) in [7, 11) is -3.56. The molecule has 0 aromatic heterocycles. The summed E-state index contributed by atoms with van der Waals surface area (Å²) < 4.78 is 21.9. The fraction of sp³-hybridized carbons (Fsp3) is 0.417. The Bertz CT molecular complexity index is 585. The van der Waals surface area contributed by atoms with Gasteiger partial charge in [-0.2, -0.15) is 0 Å². The van der Waals surface area contributed by atoms with Crippen molar-refractivity contribution in [2.24, 2.45) is 5.14 Å². The SMILES string of the molecule is NS(=O)(=O)Cc1ccc(NC(=O)C2CC(O)CN2)cc1. The summed E-state index contributed by atoms with van der Waals surface area (Å²) in [5.74, 6) is -0.460. The van der Waals surface area contributed by atoms with E-state index >= 15 is 0 Å². The Morgan fingerprint density at radius 1 is 1.40 bits per heavy atom. The Hall–Kier alpha value is -1.48. The summed E-state index contributed by atoms with van der Waals surface area (Å²) in [4.78, 5) is 11.9. The van der Waals surface area contributed by atoms with Gasteiger partial charge in [0.2, 0.25) is 15.9 Å². The molecule has 2 unspecified atom stereocenters. The number of nitrogens with one attached hydrogen (secondary N) is 2. The van der Waals surface area contributed by atoms with Crippen molar-refractivity contribution >= 4 is 21.6 Å². The first-order chi connectivity index (χ1) is 9.33. The lowest BCUT2D eigenvalue weighted by atomic mass is 10.2. The first-order valence-corrected chi connectivity index (χ1v) is 7.87. The van der Waals surface area contributed by atoms with Crippen LogP contribution in [0.1, 0.15) is 12.0 Å². The first-order valence-electron chi connectivity index (χ1n) is 6.15. The maximum Gasteiger partial charge on any atom is 0.241 e. The lowest BCUT2D eigenvalue weighted by molar-refractivity contribution is -0.117. The van der Waals surface area contributed by atoms with Gasteiger partial charge in [0, 0.05) is 12.2 Å². The molecule has 0 bridgehead atoms. The Morgan fingerprint density at radius 2 is 2.05 bits per heavy atom. The summed E-state index contributed by atoms with van der Waals surface area (Å²) in [6.07, 6.45) is -0.113. The van der Waals surface area contributed by atoms with E-state index in [1.807, 2.05) is 0 Å². The number of sulfonamides is 1. The van der Waals surface area contributed by atoms with Crippen molar-refractivity contribution in [3.63, 3.8) is 0 Å². The summed E-state index contributed by atoms with van der Waals surface area (Å²) in [6.45, 7) is 0.408. The van der Waals surface area contributed by atoms with Gasteiger partial charge in [-0.25, -0.2) is 13.6 Å². The Labute approximate surface area is 117 Å². The van der Waals surface area contributed by atoms with Gasteiger partial charge in [-0.15, -0.1) is 0 Å². The van der Waals surface area contributed by atoms with Gasteiger partial charge in [0.15, 0.2) is 0 Å². The highest BCUT2D eigenvalue weighted by Crippen LogP contribution is 2.13. The van der Waals surface area contributed by atoms with E-state index in [2.05, 4.69) is 10.6 Å². The molecule has 1 aliphatic rings. The number of amides is 1. The van der Waals surface area contributed by atoms with Gasteiger partial charge < -0.3 is 15.7 Å². The van der Waals surface area contributed by atoms with Crippen LogP contribution in [0, 0.1) is 0 Å². The van der Waals surface area contributed by atoms with Crippen LogP contribution in [0.4, 0.5) is 5.69 Å². The van der Waals surface area contributed by atoms with Crippen molar-refractivity contribution in [3.8, 4) is 0 Å². The van der Waals surface area contributed by atoms with Crippen LogP contribution in [0.3, 0.4) is 0 Å². The average molecular weight is 299 g/mol. The molecule has 0 aliphatic carbocycles. The summed E-state index contributed by atoms with van der Waals surface area (Å²) >= 11 is 0. The number of primary sulfonamides is 1. The second kappa shape index (κ2) is 5.88. The molecule has 2 rings (SSSR count). The summed E-state index contributed by atoms with van der Waals surface area (Å²) in [5, 5.41) is 19.9. The maximum atomic E-state index is 11.9. The monoisotopic (exact) mass is 299 g/mol. The minimum Gasteiger partial charge on any atom is -0.392 e. The molecule has 1 heterocycles. The summed E-state index contributed by atoms with van der Waals surface area (Å²) in [5.41, 5.74) is 1.12. The largest absolute Gasteiger partial charge is 0.392 e. The number of carbonyl (C=O) groups is 1. The van der Waals surface area contributed by atoms with Gasteiger partial charge in [0.25, 0.3) is 0 Å². The van der Waals surface area contributed by atoms with E-state index in [0.29, 0.717) is 24.2 Å². The predicted octanol–water partition coefficient (Wildman–Crippen LogP) is -0.864. The Kier molecular flexibility index (Phi) is 4.39. The van der Waals surface area contributed by atoms with Crippen LogP contribution in [-0.4, -0.2) is 38.1 Å². The van der Waals surface area contributed by atoms with Crippen LogP contribution >= 0.6 is 0 Å². The quantitative estimate of drug-likeness (QED) is 0.576. The topological polar surface area (TPSA) is 122 Å². The standard InChI is InChI=1S/C12H17N3O4S/c13-20(18,19)7-8-1-3-9(4-2-8)15-12(17)11-5-10(16)6-14-11/h1-4,10-11,14,16H,5-7H2,(H,15,17)(H2,13,18,19). The predicted molar refractivity (Wildman–Crippen MR) is 74.3 cm³/mol. The van der Waals surface area contributed by atoms with Crippen molar-refractivity contribution in [1.29, 1.82) is 0 Å². The third kappa shape index (κ3) is 4.27. The number of carbonyl (C=O) groups excluding carboxylic acids is 1. The highest BCUT2D eigenvalue weighted by molar-refractivity contribution is 7.88. The third-order valence-corrected chi connectivity index (χ3v) is 3.75. The molecule has 1 amide bonds. The van der Waals surface area contributed by atoms with Crippen LogP contribution in [0.15, 0.2) is 24.3 Å². The number of nitrogens with two attached hydrogens (primary N) is 1. The molecule has 1 saturated heterocycles. The number of aliphatic hydroxyl groups excluding tert-OH is 1. The van der Waals surface area contributed by atoms with Crippen molar-refractivity contribution in [3.05, 3.63) is 29.8 Å². The Morgan fingerprint density at radius 3 is 2.55 bits per heavy atom. The van der Waals surface area contributed by atoms with Crippen LogP contribution in [-0.2, 0) is 20.6 Å². The molecule has 1 fully saturated rings. The minimum absolute atomic E-state index is 0.222. The van der Waals surface area contributed by atoms with E-state index in [0.717, 1.165) is 0 Å². The van der Waals surface area contributed by atoms with Crippen molar-refractivity contribution in [2.75, 3.05) is 11.9 Å².